The molecule has 3 heteroatoms. The van der Waals surface area contributed by atoms with Crippen LogP contribution in [0.2, 0.25) is 0 Å². The number of nitrogens with one attached hydrogen (secondary N) is 1. The molecule has 1 aromatic carbocycles. The standard InChI is InChI=1S/C14H22BrNO/c1-4-8-16-11-14(2,3)17-10-12-6-5-7-13(15)9-12/h5-7,9,16H,4,8,10-11H2,1-3H3. The smallest absolute Gasteiger partial charge is 0.0754 e. The third-order valence-electron chi connectivity index (χ3n) is 2.50. The number of halogens is 1. The summed E-state index contributed by atoms with van der Waals surface area (Å²) in [7, 11) is 0. The van der Waals surface area contributed by atoms with Gasteiger partial charge >= 0.3 is 0 Å². The zero-order valence-electron chi connectivity index (χ0n) is 10.9. The Hall–Kier alpha value is -0.380. The van der Waals surface area contributed by atoms with Crippen LogP contribution in [-0.2, 0) is 11.3 Å². The van der Waals surface area contributed by atoms with E-state index in [1.807, 2.05) is 12.1 Å². The Morgan fingerprint density at radius 2 is 2.12 bits per heavy atom. The molecule has 1 aromatic rings. The van der Waals surface area contributed by atoms with Gasteiger partial charge in [0.1, 0.15) is 0 Å². The predicted octanol–water partition coefficient (Wildman–Crippen LogP) is 3.74. The monoisotopic (exact) mass is 299 g/mol. The van der Waals surface area contributed by atoms with Crippen molar-refractivity contribution >= 4 is 15.9 Å². The predicted molar refractivity (Wildman–Crippen MR) is 76.2 cm³/mol. The molecule has 96 valence electrons. The first-order chi connectivity index (χ1) is 8.03. The highest BCUT2D eigenvalue weighted by atomic mass is 79.9. The quantitative estimate of drug-likeness (QED) is 0.774. The fourth-order valence-corrected chi connectivity index (χ4v) is 1.97. The van der Waals surface area contributed by atoms with Gasteiger partial charge < -0.3 is 10.1 Å². The minimum absolute atomic E-state index is 0.127. The van der Waals surface area contributed by atoms with Crippen LogP contribution in [0.25, 0.3) is 0 Å². The van der Waals surface area contributed by atoms with E-state index in [0.717, 1.165) is 24.0 Å². The second-order valence-electron chi connectivity index (χ2n) is 4.86. The molecule has 0 aliphatic carbocycles. The molecule has 0 unspecified atom stereocenters. The van der Waals surface area contributed by atoms with Gasteiger partial charge in [-0.15, -0.1) is 0 Å². The van der Waals surface area contributed by atoms with E-state index in [1.54, 1.807) is 0 Å². The van der Waals surface area contributed by atoms with Crippen molar-refractivity contribution in [2.24, 2.45) is 0 Å². The highest BCUT2D eigenvalue weighted by Crippen LogP contribution is 2.16. The summed E-state index contributed by atoms with van der Waals surface area (Å²) in [6.07, 6.45) is 1.15. The summed E-state index contributed by atoms with van der Waals surface area (Å²) in [5, 5.41) is 3.39. The van der Waals surface area contributed by atoms with E-state index in [-0.39, 0.29) is 5.60 Å². The third kappa shape index (κ3) is 6.20. The van der Waals surface area contributed by atoms with Crippen LogP contribution in [0, 0.1) is 0 Å². The second kappa shape index (κ2) is 7.14. The summed E-state index contributed by atoms with van der Waals surface area (Å²) >= 11 is 3.47. The summed E-state index contributed by atoms with van der Waals surface area (Å²) in [5.74, 6) is 0. The summed E-state index contributed by atoms with van der Waals surface area (Å²) in [6.45, 7) is 8.99. The normalized spacial score (nSPS) is 11.8. The molecule has 0 atom stereocenters. The molecule has 0 aliphatic heterocycles. The molecule has 2 nitrogen and oxygen atoms in total. The van der Waals surface area contributed by atoms with E-state index in [0.29, 0.717) is 6.61 Å². The van der Waals surface area contributed by atoms with E-state index >= 15 is 0 Å². The fourth-order valence-electron chi connectivity index (χ4n) is 1.52. The molecule has 0 bridgehead atoms. The number of benzene rings is 1. The van der Waals surface area contributed by atoms with Crippen molar-refractivity contribution in [1.29, 1.82) is 0 Å². The Morgan fingerprint density at radius 1 is 1.35 bits per heavy atom. The lowest BCUT2D eigenvalue weighted by molar-refractivity contribution is -0.0277. The first-order valence-electron chi connectivity index (χ1n) is 6.12. The van der Waals surface area contributed by atoms with Gasteiger partial charge in [-0.1, -0.05) is 35.0 Å². The Labute approximate surface area is 113 Å². The van der Waals surface area contributed by atoms with Gasteiger partial charge in [0.2, 0.25) is 0 Å². The molecule has 0 amide bonds. The van der Waals surface area contributed by atoms with E-state index in [4.69, 9.17) is 4.74 Å². The maximum absolute atomic E-state index is 5.93. The van der Waals surface area contributed by atoms with Gasteiger partial charge in [-0.25, -0.2) is 0 Å². The van der Waals surface area contributed by atoms with Crippen LogP contribution in [-0.4, -0.2) is 18.7 Å². The molecule has 0 saturated carbocycles. The van der Waals surface area contributed by atoms with Gasteiger partial charge in [-0.05, 0) is 44.5 Å². The minimum atomic E-state index is -0.127. The number of hydrogen-bond acceptors (Lipinski definition) is 2. The van der Waals surface area contributed by atoms with Crippen molar-refractivity contribution in [3.05, 3.63) is 34.3 Å². The van der Waals surface area contributed by atoms with Crippen molar-refractivity contribution in [2.75, 3.05) is 13.1 Å². The van der Waals surface area contributed by atoms with Gasteiger partial charge in [0.25, 0.3) is 0 Å². The Balaban J connectivity index is 2.38. The Bertz CT molecular complexity index is 339. The summed E-state index contributed by atoms with van der Waals surface area (Å²) in [6, 6.07) is 8.23. The van der Waals surface area contributed by atoms with Crippen LogP contribution >= 0.6 is 15.9 Å². The lowest BCUT2D eigenvalue weighted by Crippen LogP contribution is -2.37. The zero-order chi connectivity index (χ0) is 12.7. The molecule has 1 N–H and O–H groups in total. The molecule has 0 aromatic heterocycles. The van der Waals surface area contributed by atoms with Gasteiger partial charge in [-0.2, -0.15) is 0 Å². The average molecular weight is 300 g/mol. The molecule has 0 fully saturated rings. The highest BCUT2D eigenvalue weighted by molar-refractivity contribution is 9.10. The molecule has 0 aliphatic rings. The van der Waals surface area contributed by atoms with Crippen LogP contribution in [0.1, 0.15) is 32.8 Å². The summed E-state index contributed by atoms with van der Waals surface area (Å²) < 4.78 is 7.03. The SMILES string of the molecule is CCCNCC(C)(C)OCc1cccc(Br)c1. The highest BCUT2D eigenvalue weighted by Gasteiger charge is 2.17. The average Bonchev–Trinajstić information content (AvgIpc) is 2.27. The first-order valence-corrected chi connectivity index (χ1v) is 6.92. The molecule has 0 heterocycles. The van der Waals surface area contributed by atoms with E-state index < -0.39 is 0 Å². The van der Waals surface area contributed by atoms with Crippen molar-refractivity contribution in [3.63, 3.8) is 0 Å². The maximum atomic E-state index is 5.93. The number of hydrogen-bond donors (Lipinski definition) is 1. The molecule has 0 spiro atoms. The topological polar surface area (TPSA) is 21.3 Å². The van der Waals surface area contributed by atoms with Gasteiger partial charge in [-0.3, -0.25) is 0 Å². The van der Waals surface area contributed by atoms with E-state index in [2.05, 4.69) is 54.2 Å². The fraction of sp³-hybridized carbons (Fsp3) is 0.571. The number of ether oxygens (including phenoxy) is 1. The van der Waals surface area contributed by atoms with Crippen molar-refractivity contribution in [2.45, 2.75) is 39.4 Å². The van der Waals surface area contributed by atoms with Crippen LogP contribution in [0.5, 0.6) is 0 Å². The molecular weight excluding hydrogens is 278 g/mol. The maximum Gasteiger partial charge on any atom is 0.0754 e. The van der Waals surface area contributed by atoms with Crippen LogP contribution in [0.4, 0.5) is 0 Å². The van der Waals surface area contributed by atoms with Crippen LogP contribution in [0.15, 0.2) is 28.7 Å². The van der Waals surface area contributed by atoms with Gasteiger partial charge in [0.05, 0.1) is 12.2 Å². The van der Waals surface area contributed by atoms with E-state index in [9.17, 15) is 0 Å². The van der Waals surface area contributed by atoms with Crippen molar-refractivity contribution in [3.8, 4) is 0 Å². The first kappa shape index (κ1) is 14.7. The van der Waals surface area contributed by atoms with E-state index in [1.165, 1.54) is 5.56 Å². The molecular formula is C14H22BrNO. The van der Waals surface area contributed by atoms with Crippen LogP contribution < -0.4 is 5.32 Å². The van der Waals surface area contributed by atoms with Gasteiger partial charge in [0, 0.05) is 11.0 Å². The molecule has 17 heavy (non-hydrogen) atoms. The largest absolute Gasteiger partial charge is 0.370 e. The van der Waals surface area contributed by atoms with Crippen LogP contribution in [0.3, 0.4) is 0 Å². The molecule has 0 radical (unpaired) electrons. The Kier molecular flexibility index (Phi) is 6.17. The lowest BCUT2D eigenvalue weighted by Gasteiger charge is -2.26. The molecule has 1 rings (SSSR count). The summed E-state index contributed by atoms with van der Waals surface area (Å²) in [4.78, 5) is 0. The minimum Gasteiger partial charge on any atom is -0.370 e. The lowest BCUT2D eigenvalue weighted by atomic mass is 10.1. The zero-order valence-corrected chi connectivity index (χ0v) is 12.5. The van der Waals surface area contributed by atoms with Crippen molar-refractivity contribution in [1.82, 2.24) is 5.32 Å². The van der Waals surface area contributed by atoms with Crippen molar-refractivity contribution < 1.29 is 4.74 Å². The third-order valence-corrected chi connectivity index (χ3v) is 2.99. The number of rotatable bonds is 7. The molecule has 0 saturated heterocycles. The second-order valence-corrected chi connectivity index (χ2v) is 5.77. The summed E-state index contributed by atoms with van der Waals surface area (Å²) in [5.41, 5.74) is 1.07. The Morgan fingerprint density at radius 3 is 2.76 bits per heavy atom. The van der Waals surface area contributed by atoms with Gasteiger partial charge in [0.15, 0.2) is 0 Å².